The molecule has 3 aromatic rings. The second kappa shape index (κ2) is 6.94. The average molecular weight is 364 g/mol. The highest BCUT2D eigenvalue weighted by Gasteiger charge is 2.11. The van der Waals surface area contributed by atoms with Crippen molar-refractivity contribution in [3.63, 3.8) is 0 Å². The van der Waals surface area contributed by atoms with Gasteiger partial charge < -0.3 is 9.47 Å². The number of halogens is 1. The van der Waals surface area contributed by atoms with Crippen LogP contribution < -0.4 is 20.3 Å². The summed E-state index contributed by atoms with van der Waals surface area (Å²) in [5.41, 5.74) is 6.63. The molecule has 3 rings (SSSR count). The van der Waals surface area contributed by atoms with Gasteiger partial charge in [0.05, 0.1) is 24.4 Å². The van der Waals surface area contributed by atoms with Crippen LogP contribution in [0.4, 0.5) is 5.13 Å². The van der Waals surface area contributed by atoms with Gasteiger partial charge in [-0.25, -0.2) is 4.98 Å². The van der Waals surface area contributed by atoms with E-state index >= 15 is 0 Å². The molecule has 0 bridgehead atoms. The minimum atomic E-state index is -0.329. The fourth-order valence-electron chi connectivity index (χ4n) is 2.07. The van der Waals surface area contributed by atoms with E-state index in [1.165, 1.54) is 25.6 Å². The summed E-state index contributed by atoms with van der Waals surface area (Å²) in [6, 6.07) is 10.4. The minimum absolute atomic E-state index is 0.329. The molecular formula is C16H14ClN3O3S. The summed E-state index contributed by atoms with van der Waals surface area (Å²) in [6.45, 7) is 0. The monoisotopic (exact) mass is 363 g/mol. The molecule has 1 aromatic heterocycles. The van der Waals surface area contributed by atoms with Crippen molar-refractivity contribution in [3.05, 3.63) is 47.0 Å². The Labute approximate surface area is 147 Å². The molecule has 0 fully saturated rings. The number of nitrogens with zero attached hydrogens (tertiary/aromatic N) is 1. The van der Waals surface area contributed by atoms with Crippen LogP contribution in [-0.4, -0.2) is 25.1 Å². The molecular weight excluding hydrogens is 350 g/mol. The van der Waals surface area contributed by atoms with Gasteiger partial charge in [-0.1, -0.05) is 22.9 Å². The summed E-state index contributed by atoms with van der Waals surface area (Å²) in [5, 5.41) is 1.21. The lowest BCUT2D eigenvalue weighted by Gasteiger charge is -2.09. The van der Waals surface area contributed by atoms with E-state index < -0.39 is 0 Å². The van der Waals surface area contributed by atoms with E-state index in [0.717, 1.165) is 10.2 Å². The zero-order valence-electron chi connectivity index (χ0n) is 12.9. The summed E-state index contributed by atoms with van der Waals surface area (Å²) < 4.78 is 11.2. The van der Waals surface area contributed by atoms with Crippen LogP contribution in [0.1, 0.15) is 10.4 Å². The predicted molar refractivity (Wildman–Crippen MR) is 95.3 cm³/mol. The van der Waals surface area contributed by atoms with Crippen molar-refractivity contribution >= 4 is 44.2 Å². The molecule has 0 aliphatic rings. The first-order chi connectivity index (χ1) is 11.6. The van der Waals surface area contributed by atoms with Gasteiger partial charge in [0.2, 0.25) is 5.13 Å². The van der Waals surface area contributed by atoms with Crippen LogP contribution in [0.15, 0.2) is 36.4 Å². The van der Waals surface area contributed by atoms with Crippen LogP contribution in [0.3, 0.4) is 0 Å². The van der Waals surface area contributed by atoms with Gasteiger partial charge in [0.15, 0.2) is 0 Å². The lowest BCUT2D eigenvalue weighted by atomic mass is 10.2. The quantitative estimate of drug-likeness (QED) is 0.676. The fourth-order valence-corrected chi connectivity index (χ4v) is 3.17. The van der Waals surface area contributed by atoms with Gasteiger partial charge in [-0.15, -0.1) is 0 Å². The van der Waals surface area contributed by atoms with Crippen molar-refractivity contribution in [1.29, 1.82) is 0 Å². The Morgan fingerprint density at radius 3 is 2.50 bits per heavy atom. The van der Waals surface area contributed by atoms with Crippen LogP contribution in [0.5, 0.6) is 11.5 Å². The van der Waals surface area contributed by atoms with Gasteiger partial charge in [0, 0.05) is 16.7 Å². The van der Waals surface area contributed by atoms with E-state index in [1.54, 1.807) is 24.3 Å². The molecule has 0 unspecified atom stereocenters. The second-order valence-electron chi connectivity index (χ2n) is 4.81. The van der Waals surface area contributed by atoms with E-state index in [4.69, 9.17) is 21.1 Å². The van der Waals surface area contributed by atoms with Crippen LogP contribution in [0, 0.1) is 0 Å². The normalized spacial score (nSPS) is 10.5. The maximum absolute atomic E-state index is 12.3. The third-order valence-corrected chi connectivity index (χ3v) is 4.42. The number of aromatic nitrogens is 1. The fraction of sp³-hybridized carbons (Fsp3) is 0.125. The number of hydrazine groups is 1. The van der Waals surface area contributed by atoms with E-state index in [2.05, 4.69) is 15.8 Å². The number of benzene rings is 2. The number of anilines is 1. The Bertz CT molecular complexity index is 875. The maximum Gasteiger partial charge on any atom is 0.269 e. The van der Waals surface area contributed by atoms with Crippen LogP contribution in [-0.2, 0) is 0 Å². The molecule has 1 heterocycles. The second-order valence-corrected chi connectivity index (χ2v) is 6.28. The average Bonchev–Trinajstić information content (AvgIpc) is 3.01. The predicted octanol–water partition coefficient (Wildman–Crippen LogP) is 3.72. The molecule has 1 amide bonds. The molecule has 0 aliphatic heterocycles. The van der Waals surface area contributed by atoms with Crippen molar-refractivity contribution in [2.24, 2.45) is 0 Å². The summed E-state index contributed by atoms with van der Waals surface area (Å²) in [5.74, 6) is 0.743. The highest BCUT2D eigenvalue weighted by atomic mass is 35.5. The first-order valence-electron chi connectivity index (χ1n) is 6.94. The number of carbonyl (C=O) groups is 1. The Morgan fingerprint density at radius 1 is 1.12 bits per heavy atom. The molecule has 2 N–H and O–H groups in total. The third kappa shape index (κ3) is 3.52. The van der Waals surface area contributed by atoms with E-state index in [1.807, 2.05) is 12.1 Å². The number of amides is 1. The summed E-state index contributed by atoms with van der Waals surface area (Å²) in [7, 11) is 3.06. The Balaban J connectivity index is 1.74. The lowest BCUT2D eigenvalue weighted by Crippen LogP contribution is -2.29. The number of hydrogen-bond donors (Lipinski definition) is 2. The number of fused-ring (bicyclic) bond motifs is 1. The van der Waals surface area contributed by atoms with Gasteiger partial charge >= 0.3 is 0 Å². The molecule has 0 saturated carbocycles. The topological polar surface area (TPSA) is 72.5 Å². The summed E-state index contributed by atoms with van der Waals surface area (Å²) in [4.78, 5) is 16.7. The van der Waals surface area contributed by atoms with Crippen molar-refractivity contribution in [1.82, 2.24) is 10.4 Å². The lowest BCUT2D eigenvalue weighted by molar-refractivity contribution is 0.0962. The first kappa shape index (κ1) is 16.4. The van der Waals surface area contributed by atoms with Crippen molar-refractivity contribution in [3.8, 4) is 11.5 Å². The third-order valence-electron chi connectivity index (χ3n) is 3.25. The first-order valence-corrected chi connectivity index (χ1v) is 8.14. The van der Waals surface area contributed by atoms with E-state index in [9.17, 15) is 4.79 Å². The molecule has 0 atom stereocenters. The van der Waals surface area contributed by atoms with Crippen LogP contribution in [0.2, 0.25) is 5.02 Å². The van der Waals surface area contributed by atoms with Crippen molar-refractivity contribution in [2.75, 3.05) is 19.6 Å². The Kier molecular flexibility index (Phi) is 4.73. The highest BCUT2D eigenvalue weighted by Crippen LogP contribution is 2.28. The molecule has 8 heteroatoms. The van der Waals surface area contributed by atoms with Gasteiger partial charge in [-0.05, 0) is 30.3 Å². The standard InChI is InChI=1S/C16H14ClN3O3S/c1-22-11-5-9(6-12(8-11)23-2)15(21)19-20-16-18-13-4-3-10(17)7-14(13)24-16/h3-8H,1-2H3,(H,18,20)(H,19,21). The molecule has 24 heavy (non-hydrogen) atoms. The highest BCUT2D eigenvalue weighted by molar-refractivity contribution is 7.22. The van der Waals surface area contributed by atoms with Crippen LogP contribution in [0.25, 0.3) is 10.2 Å². The zero-order valence-corrected chi connectivity index (χ0v) is 14.5. The number of ether oxygens (including phenoxy) is 2. The number of carbonyl (C=O) groups excluding carboxylic acids is 1. The number of rotatable bonds is 5. The number of hydrogen-bond acceptors (Lipinski definition) is 6. The van der Waals surface area contributed by atoms with E-state index in [0.29, 0.717) is 27.2 Å². The molecule has 0 saturated heterocycles. The smallest absolute Gasteiger partial charge is 0.269 e. The zero-order chi connectivity index (χ0) is 17.1. The number of thiazole rings is 1. The van der Waals surface area contributed by atoms with E-state index in [-0.39, 0.29) is 5.91 Å². The minimum Gasteiger partial charge on any atom is -0.497 e. The Hall–Kier alpha value is -2.51. The largest absolute Gasteiger partial charge is 0.497 e. The molecule has 6 nitrogen and oxygen atoms in total. The Morgan fingerprint density at radius 2 is 1.83 bits per heavy atom. The number of nitrogens with one attached hydrogen (secondary N) is 2. The van der Waals surface area contributed by atoms with Crippen LogP contribution >= 0.6 is 22.9 Å². The molecule has 2 aromatic carbocycles. The van der Waals surface area contributed by atoms with Gasteiger partial charge in [-0.3, -0.25) is 15.6 Å². The molecule has 124 valence electrons. The summed E-state index contributed by atoms with van der Waals surface area (Å²) in [6.07, 6.45) is 0. The number of methoxy groups -OCH3 is 2. The summed E-state index contributed by atoms with van der Waals surface area (Å²) >= 11 is 7.35. The van der Waals surface area contributed by atoms with Crippen molar-refractivity contribution in [2.45, 2.75) is 0 Å². The molecule has 0 aliphatic carbocycles. The molecule has 0 radical (unpaired) electrons. The van der Waals surface area contributed by atoms with Gasteiger partial charge in [0.25, 0.3) is 5.91 Å². The SMILES string of the molecule is COc1cc(OC)cc(C(=O)NNc2nc3ccc(Cl)cc3s2)c1. The maximum atomic E-state index is 12.3. The van der Waals surface area contributed by atoms with Gasteiger partial charge in [0.1, 0.15) is 11.5 Å². The van der Waals surface area contributed by atoms with Crippen molar-refractivity contribution < 1.29 is 14.3 Å². The van der Waals surface area contributed by atoms with Gasteiger partial charge in [-0.2, -0.15) is 0 Å². The molecule has 0 spiro atoms.